The third-order valence-electron chi connectivity index (χ3n) is 5.15. The summed E-state index contributed by atoms with van der Waals surface area (Å²) in [6.45, 7) is 0. The first kappa shape index (κ1) is 22.3. The van der Waals surface area contributed by atoms with Gasteiger partial charge in [0.25, 0.3) is 11.7 Å². The van der Waals surface area contributed by atoms with Crippen LogP contribution in [0.2, 0.25) is 0 Å². The zero-order chi connectivity index (χ0) is 25.1. The van der Waals surface area contributed by atoms with Crippen molar-refractivity contribution < 1.29 is 9.59 Å². The van der Waals surface area contributed by atoms with E-state index in [1.807, 2.05) is 0 Å². The molecule has 0 atom stereocenters. The highest BCUT2D eigenvalue weighted by Crippen LogP contribution is 2.25. The van der Waals surface area contributed by atoms with E-state index in [1.165, 1.54) is 28.2 Å². The van der Waals surface area contributed by atoms with Crippen molar-refractivity contribution in [3.63, 3.8) is 0 Å². The molecule has 0 saturated heterocycles. The Balaban J connectivity index is 1.60. The summed E-state index contributed by atoms with van der Waals surface area (Å²) in [5.74, 6) is 5.40. The highest BCUT2D eigenvalue weighted by molar-refractivity contribution is 6.12. The molecule has 0 saturated carbocycles. The maximum absolute atomic E-state index is 13.4. The minimum absolute atomic E-state index is 0.0121. The summed E-state index contributed by atoms with van der Waals surface area (Å²) in [5.41, 5.74) is 7.03. The van der Waals surface area contributed by atoms with Gasteiger partial charge < -0.3 is 5.73 Å². The Morgan fingerprint density at radius 2 is 1.75 bits per heavy atom. The molecule has 1 aromatic carbocycles. The van der Waals surface area contributed by atoms with Gasteiger partial charge in [-0.2, -0.15) is 10.1 Å². The number of nitrogen functional groups attached to an aromatic ring is 1. The minimum Gasteiger partial charge on any atom is -0.368 e. The van der Waals surface area contributed by atoms with E-state index >= 15 is 0 Å². The van der Waals surface area contributed by atoms with Gasteiger partial charge in [0, 0.05) is 48.9 Å². The van der Waals surface area contributed by atoms with Crippen molar-refractivity contribution >= 4 is 34.4 Å². The Morgan fingerprint density at radius 3 is 2.50 bits per heavy atom. The molecule has 4 aromatic heterocycles. The van der Waals surface area contributed by atoms with Crippen LogP contribution in [0.3, 0.4) is 0 Å². The van der Waals surface area contributed by atoms with E-state index in [9.17, 15) is 9.59 Å². The minimum atomic E-state index is -0.513. The van der Waals surface area contributed by atoms with Crippen molar-refractivity contribution in [3.8, 4) is 17.7 Å². The number of ketones is 1. The molecule has 2 N–H and O–H groups in total. The lowest BCUT2D eigenvalue weighted by Gasteiger charge is -2.14. The summed E-state index contributed by atoms with van der Waals surface area (Å²) < 4.78 is 1.49. The molecule has 0 unspecified atom stereocenters. The van der Waals surface area contributed by atoms with Crippen LogP contribution in [0.25, 0.3) is 16.7 Å². The van der Waals surface area contributed by atoms with Crippen molar-refractivity contribution in [1.82, 2.24) is 34.7 Å². The zero-order valence-electron chi connectivity index (χ0n) is 18.9. The molecule has 0 bridgehead atoms. The van der Waals surface area contributed by atoms with Gasteiger partial charge in [-0.1, -0.05) is 12.0 Å². The lowest BCUT2D eigenvalue weighted by Crippen LogP contribution is -2.27. The molecule has 1 amide bonds. The molecule has 11 nitrogen and oxygen atoms in total. The number of benzene rings is 1. The van der Waals surface area contributed by atoms with Crippen molar-refractivity contribution in [2.24, 2.45) is 0 Å². The number of Topliss-reactive ketones (excluding diaryl/α,β-unsaturated/α-hetero) is 1. The molecule has 0 aliphatic carbocycles. The second-order valence-electron chi connectivity index (χ2n) is 7.47. The monoisotopic (exact) mass is 475 g/mol. The number of fused-ring (bicyclic) bond motifs is 1. The number of carbonyl (C=O) groups excluding carboxylic acids is 2. The predicted octanol–water partition coefficient (Wildman–Crippen LogP) is 2.09. The molecule has 0 aliphatic rings. The molecular weight excluding hydrogens is 458 g/mol. The number of nitrogens with zero attached hydrogens (tertiary/aromatic N) is 8. The third-order valence-corrected chi connectivity index (χ3v) is 5.15. The number of hydrogen-bond acceptors (Lipinski definition) is 9. The molecule has 0 radical (unpaired) electrons. The molecule has 4 heterocycles. The van der Waals surface area contributed by atoms with Gasteiger partial charge in [-0.15, -0.1) is 0 Å². The Labute approximate surface area is 204 Å². The molecule has 0 spiro atoms. The van der Waals surface area contributed by atoms with Gasteiger partial charge in [-0.25, -0.2) is 24.6 Å². The van der Waals surface area contributed by atoms with Crippen LogP contribution >= 0.6 is 0 Å². The van der Waals surface area contributed by atoms with Gasteiger partial charge in [0.15, 0.2) is 11.5 Å². The smallest absolute Gasteiger partial charge is 0.280 e. The van der Waals surface area contributed by atoms with Crippen molar-refractivity contribution in [3.05, 3.63) is 90.4 Å². The maximum Gasteiger partial charge on any atom is 0.280 e. The van der Waals surface area contributed by atoms with Crippen LogP contribution in [0.5, 0.6) is 0 Å². The fraction of sp³-hybridized carbons (Fsp3) is 0.0400. The molecular formula is C25H17N9O2. The molecule has 36 heavy (non-hydrogen) atoms. The number of amides is 1. The first-order valence-corrected chi connectivity index (χ1v) is 10.7. The van der Waals surface area contributed by atoms with Crippen LogP contribution in [0.4, 0.5) is 11.8 Å². The van der Waals surface area contributed by atoms with E-state index in [1.54, 1.807) is 61.8 Å². The van der Waals surface area contributed by atoms with E-state index in [-0.39, 0.29) is 23.4 Å². The normalized spacial score (nSPS) is 10.5. The largest absolute Gasteiger partial charge is 0.368 e. The van der Waals surface area contributed by atoms with E-state index in [0.29, 0.717) is 28.1 Å². The molecule has 5 rings (SSSR count). The van der Waals surface area contributed by atoms with Gasteiger partial charge >= 0.3 is 0 Å². The summed E-state index contributed by atoms with van der Waals surface area (Å²) in [4.78, 5) is 47.3. The standard InChI is InChI=1S/C25H17N9O2/c1-33(20-5-2-3-11-27-20)24(36)22-17-8-6-16(7-9-19(35)23-28-12-4-13-29-23)15-18(17)34(32-22)21-10-14-30-25(26)31-21/h2-6,8,10-15H,1H3,(H2,26,30,31). The van der Waals surface area contributed by atoms with Gasteiger partial charge in [-0.3, -0.25) is 14.5 Å². The quantitative estimate of drug-likeness (QED) is 0.305. The van der Waals surface area contributed by atoms with E-state index < -0.39 is 5.78 Å². The van der Waals surface area contributed by atoms with Crippen molar-refractivity contribution in [2.45, 2.75) is 0 Å². The number of hydrogen-bond donors (Lipinski definition) is 1. The number of nitrogens with two attached hydrogens (primary N) is 1. The van der Waals surface area contributed by atoms with Crippen molar-refractivity contribution in [1.29, 1.82) is 0 Å². The number of anilines is 2. The van der Waals surface area contributed by atoms with Crippen LogP contribution in [-0.2, 0) is 0 Å². The van der Waals surface area contributed by atoms with Crippen LogP contribution in [-0.4, -0.2) is 53.4 Å². The molecule has 174 valence electrons. The number of pyridine rings is 1. The van der Waals surface area contributed by atoms with Crippen LogP contribution in [0.15, 0.2) is 73.3 Å². The molecule has 0 fully saturated rings. The van der Waals surface area contributed by atoms with Crippen LogP contribution in [0, 0.1) is 11.8 Å². The molecule has 5 aromatic rings. The highest BCUT2D eigenvalue weighted by Gasteiger charge is 2.23. The van der Waals surface area contributed by atoms with E-state index in [2.05, 4.69) is 41.9 Å². The van der Waals surface area contributed by atoms with E-state index in [0.717, 1.165) is 0 Å². The van der Waals surface area contributed by atoms with Crippen LogP contribution < -0.4 is 10.6 Å². The summed E-state index contributed by atoms with van der Waals surface area (Å²) in [7, 11) is 1.62. The Kier molecular flexibility index (Phi) is 5.82. The lowest BCUT2D eigenvalue weighted by atomic mass is 10.1. The first-order chi connectivity index (χ1) is 17.5. The van der Waals surface area contributed by atoms with E-state index in [4.69, 9.17) is 5.73 Å². The topological polar surface area (TPSA) is 146 Å². The summed E-state index contributed by atoms with van der Waals surface area (Å²) in [6.07, 6.45) is 6.04. The second kappa shape index (κ2) is 9.40. The second-order valence-corrected chi connectivity index (χ2v) is 7.47. The first-order valence-electron chi connectivity index (χ1n) is 10.7. The number of rotatable bonds is 4. The zero-order valence-corrected chi connectivity index (χ0v) is 18.9. The van der Waals surface area contributed by atoms with Gasteiger partial charge in [0.1, 0.15) is 5.82 Å². The summed E-state index contributed by atoms with van der Waals surface area (Å²) in [6, 6.07) is 13.6. The average Bonchev–Trinajstić information content (AvgIpc) is 3.31. The number of carbonyl (C=O) groups is 2. The van der Waals surface area contributed by atoms with Gasteiger partial charge in [-0.05, 0) is 42.3 Å². The fourth-order valence-corrected chi connectivity index (χ4v) is 3.42. The predicted molar refractivity (Wildman–Crippen MR) is 131 cm³/mol. The lowest BCUT2D eigenvalue weighted by molar-refractivity contribution is 0.0987. The van der Waals surface area contributed by atoms with Gasteiger partial charge in [0.05, 0.1) is 5.52 Å². The summed E-state index contributed by atoms with van der Waals surface area (Å²) in [5, 5.41) is 5.11. The summed E-state index contributed by atoms with van der Waals surface area (Å²) >= 11 is 0. The number of aromatic nitrogens is 7. The Hall–Kier alpha value is -5.50. The SMILES string of the molecule is CN(C(=O)c1nn(-c2ccnc(N)n2)c2cc(C#CC(=O)c3ncccn3)ccc12)c1ccccn1. The fourth-order valence-electron chi connectivity index (χ4n) is 3.42. The molecule has 0 aliphatic heterocycles. The average molecular weight is 475 g/mol. The maximum atomic E-state index is 13.4. The highest BCUT2D eigenvalue weighted by atomic mass is 16.2. The third kappa shape index (κ3) is 4.34. The van der Waals surface area contributed by atoms with Crippen molar-refractivity contribution in [2.75, 3.05) is 17.7 Å². The van der Waals surface area contributed by atoms with Gasteiger partial charge in [0.2, 0.25) is 11.8 Å². The Morgan fingerprint density at radius 1 is 0.944 bits per heavy atom. The Bertz CT molecular complexity index is 1660. The van der Waals surface area contributed by atoms with Crippen LogP contribution in [0.1, 0.15) is 26.7 Å². The molecule has 11 heteroatoms.